The zero-order valence-electron chi connectivity index (χ0n) is 11.5. The van der Waals surface area contributed by atoms with Gasteiger partial charge in [-0.2, -0.15) is 0 Å². The van der Waals surface area contributed by atoms with Crippen molar-refractivity contribution in [2.45, 2.75) is 13.5 Å². The van der Waals surface area contributed by atoms with Crippen molar-refractivity contribution in [2.24, 2.45) is 0 Å². The molecule has 0 saturated heterocycles. The summed E-state index contributed by atoms with van der Waals surface area (Å²) in [7, 11) is 0. The van der Waals surface area contributed by atoms with Crippen molar-refractivity contribution in [3.8, 4) is 5.75 Å². The number of ether oxygens (including phenoxy) is 1. The van der Waals surface area contributed by atoms with E-state index in [0.717, 1.165) is 28.0 Å². The summed E-state index contributed by atoms with van der Waals surface area (Å²) in [6.45, 7) is 6.99. The van der Waals surface area contributed by atoms with Crippen LogP contribution in [0.3, 0.4) is 0 Å². The molecule has 0 amide bonds. The standard InChI is InChI=1S/C17H18BrNO/c1-3-11-20-16-10-5-4-8-14(16)12-19-15-9-6-7-13(2)17(15)18/h3-10,19H,1,11-12H2,2H3. The SMILES string of the molecule is C=CCOc1ccccc1CNc1cccc(C)c1Br. The second-order valence-corrected chi connectivity index (χ2v) is 5.29. The van der Waals surface area contributed by atoms with E-state index in [1.165, 1.54) is 5.56 Å². The first-order chi connectivity index (χ1) is 9.72. The van der Waals surface area contributed by atoms with E-state index in [-0.39, 0.29) is 0 Å². The van der Waals surface area contributed by atoms with E-state index in [0.29, 0.717) is 6.61 Å². The van der Waals surface area contributed by atoms with Crippen molar-refractivity contribution in [1.29, 1.82) is 0 Å². The van der Waals surface area contributed by atoms with Crippen molar-refractivity contribution in [3.05, 3.63) is 70.7 Å². The zero-order valence-corrected chi connectivity index (χ0v) is 13.1. The second kappa shape index (κ2) is 7.15. The highest BCUT2D eigenvalue weighted by molar-refractivity contribution is 9.10. The highest BCUT2D eigenvalue weighted by atomic mass is 79.9. The maximum Gasteiger partial charge on any atom is 0.124 e. The Morgan fingerprint density at radius 3 is 2.80 bits per heavy atom. The third-order valence-electron chi connectivity index (χ3n) is 2.99. The number of rotatable bonds is 6. The van der Waals surface area contributed by atoms with Crippen LogP contribution < -0.4 is 10.1 Å². The van der Waals surface area contributed by atoms with E-state index in [1.54, 1.807) is 6.08 Å². The molecule has 0 spiro atoms. The van der Waals surface area contributed by atoms with Crippen molar-refractivity contribution in [2.75, 3.05) is 11.9 Å². The summed E-state index contributed by atoms with van der Waals surface area (Å²) in [6, 6.07) is 14.2. The molecule has 2 aromatic carbocycles. The smallest absolute Gasteiger partial charge is 0.124 e. The Morgan fingerprint density at radius 2 is 2.00 bits per heavy atom. The number of nitrogens with one attached hydrogen (secondary N) is 1. The van der Waals surface area contributed by atoms with Gasteiger partial charge in [-0.15, -0.1) is 0 Å². The summed E-state index contributed by atoms with van der Waals surface area (Å²) >= 11 is 3.61. The van der Waals surface area contributed by atoms with Gasteiger partial charge in [0.1, 0.15) is 12.4 Å². The van der Waals surface area contributed by atoms with Crippen LogP contribution in [0.4, 0.5) is 5.69 Å². The molecule has 1 N–H and O–H groups in total. The van der Waals surface area contributed by atoms with Gasteiger partial charge in [-0.3, -0.25) is 0 Å². The molecule has 0 atom stereocenters. The molecule has 2 nitrogen and oxygen atoms in total. The summed E-state index contributed by atoms with van der Waals surface area (Å²) in [6.07, 6.45) is 1.75. The number of benzene rings is 2. The number of para-hydroxylation sites is 1. The van der Waals surface area contributed by atoms with Gasteiger partial charge in [-0.25, -0.2) is 0 Å². The summed E-state index contributed by atoms with van der Waals surface area (Å²) in [4.78, 5) is 0. The molecular weight excluding hydrogens is 314 g/mol. The largest absolute Gasteiger partial charge is 0.489 e. The third kappa shape index (κ3) is 3.64. The lowest BCUT2D eigenvalue weighted by Gasteiger charge is -2.13. The second-order valence-electron chi connectivity index (χ2n) is 4.50. The lowest BCUT2D eigenvalue weighted by molar-refractivity contribution is 0.359. The van der Waals surface area contributed by atoms with Crippen LogP contribution in [0.2, 0.25) is 0 Å². The van der Waals surface area contributed by atoms with Crippen LogP contribution in [-0.2, 0) is 6.54 Å². The summed E-state index contributed by atoms with van der Waals surface area (Å²) in [5.41, 5.74) is 3.43. The zero-order chi connectivity index (χ0) is 14.4. The molecule has 0 saturated carbocycles. The molecule has 2 rings (SSSR count). The molecule has 0 fully saturated rings. The van der Waals surface area contributed by atoms with Gasteiger partial charge < -0.3 is 10.1 Å². The Hall–Kier alpha value is -1.74. The molecule has 0 aliphatic heterocycles. The predicted octanol–water partition coefficient (Wildman–Crippen LogP) is 4.93. The topological polar surface area (TPSA) is 21.3 Å². The molecule has 0 unspecified atom stereocenters. The Labute approximate surface area is 128 Å². The summed E-state index contributed by atoms with van der Waals surface area (Å²) in [5.74, 6) is 0.892. The van der Waals surface area contributed by atoms with Gasteiger partial charge in [0.05, 0.1) is 0 Å². The highest BCUT2D eigenvalue weighted by Crippen LogP contribution is 2.27. The molecule has 20 heavy (non-hydrogen) atoms. The molecule has 0 heterocycles. The third-order valence-corrected chi connectivity index (χ3v) is 4.04. The monoisotopic (exact) mass is 331 g/mol. The van der Waals surface area contributed by atoms with Crippen LogP contribution in [-0.4, -0.2) is 6.61 Å². The Morgan fingerprint density at radius 1 is 1.20 bits per heavy atom. The molecule has 0 aliphatic rings. The number of aryl methyl sites for hydroxylation is 1. The normalized spacial score (nSPS) is 10.1. The quantitative estimate of drug-likeness (QED) is 0.757. The number of anilines is 1. The first-order valence-corrected chi connectivity index (χ1v) is 7.32. The van der Waals surface area contributed by atoms with Crippen molar-refractivity contribution >= 4 is 21.6 Å². The highest BCUT2D eigenvalue weighted by Gasteiger charge is 2.05. The van der Waals surface area contributed by atoms with Gasteiger partial charge in [-0.05, 0) is 40.5 Å². The molecule has 0 aromatic heterocycles. The molecule has 104 valence electrons. The van der Waals surface area contributed by atoms with Crippen molar-refractivity contribution in [1.82, 2.24) is 0 Å². The van der Waals surface area contributed by atoms with Crippen molar-refractivity contribution < 1.29 is 4.74 Å². The molecule has 2 aromatic rings. The van der Waals surface area contributed by atoms with Gasteiger partial charge in [0, 0.05) is 22.3 Å². The molecule has 0 radical (unpaired) electrons. The van der Waals surface area contributed by atoms with E-state index in [1.807, 2.05) is 24.3 Å². The van der Waals surface area contributed by atoms with Gasteiger partial charge in [0.2, 0.25) is 0 Å². The van der Waals surface area contributed by atoms with E-state index in [2.05, 4.69) is 52.9 Å². The fourth-order valence-corrected chi connectivity index (χ4v) is 2.32. The van der Waals surface area contributed by atoms with Crippen LogP contribution in [0.15, 0.2) is 59.6 Å². The molecule has 0 bridgehead atoms. The van der Waals surface area contributed by atoms with Crippen LogP contribution >= 0.6 is 15.9 Å². The van der Waals surface area contributed by atoms with E-state index in [9.17, 15) is 0 Å². The van der Waals surface area contributed by atoms with Gasteiger partial charge >= 0.3 is 0 Å². The minimum absolute atomic E-state index is 0.519. The summed E-state index contributed by atoms with van der Waals surface area (Å²) in [5, 5.41) is 3.43. The average Bonchev–Trinajstić information content (AvgIpc) is 2.47. The lowest BCUT2D eigenvalue weighted by Crippen LogP contribution is -2.04. The van der Waals surface area contributed by atoms with Crippen molar-refractivity contribution in [3.63, 3.8) is 0 Å². The van der Waals surface area contributed by atoms with E-state index < -0.39 is 0 Å². The molecule has 3 heteroatoms. The van der Waals surface area contributed by atoms with Gasteiger partial charge in [0.25, 0.3) is 0 Å². The summed E-state index contributed by atoms with van der Waals surface area (Å²) < 4.78 is 6.76. The molecule has 0 aliphatic carbocycles. The van der Waals surface area contributed by atoms with E-state index in [4.69, 9.17) is 4.74 Å². The van der Waals surface area contributed by atoms with Crippen LogP contribution in [0, 0.1) is 6.92 Å². The number of hydrogen-bond donors (Lipinski definition) is 1. The van der Waals surface area contributed by atoms with Gasteiger partial charge in [-0.1, -0.05) is 43.0 Å². The van der Waals surface area contributed by atoms with E-state index >= 15 is 0 Å². The average molecular weight is 332 g/mol. The minimum Gasteiger partial charge on any atom is -0.489 e. The molecular formula is C17H18BrNO. The number of halogens is 1. The first-order valence-electron chi connectivity index (χ1n) is 6.53. The predicted molar refractivity (Wildman–Crippen MR) is 88.3 cm³/mol. The maximum atomic E-state index is 5.66. The first kappa shape index (κ1) is 14.7. The Balaban J connectivity index is 2.10. The van der Waals surface area contributed by atoms with Crippen LogP contribution in [0.25, 0.3) is 0 Å². The Bertz CT molecular complexity index is 595. The minimum atomic E-state index is 0.519. The fraction of sp³-hybridized carbons (Fsp3) is 0.176. The van der Waals surface area contributed by atoms with Crippen LogP contribution in [0.5, 0.6) is 5.75 Å². The maximum absolute atomic E-state index is 5.66. The lowest BCUT2D eigenvalue weighted by atomic mass is 10.2. The van der Waals surface area contributed by atoms with Crippen LogP contribution in [0.1, 0.15) is 11.1 Å². The fourth-order valence-electron chi connectivity index (χ4n) is 1.91. The van der Waals surface area contributed by atoms with Gasteiger partial charge in [0.15, 0.2) is 0 Å². The Kier molecular flexibility index (Phi) is 5.24. The number of hydrogen-bond acceptors (Lipinski definition) is 2.